The van der Waals surface area contributed by atoms with Crippen molar-refractivity contribution in [1.29, 1.82) is 0 Å². The highest BCUT2D eigenvalue weighted by atomic mass is 19.1. The molecule has 5 heterocycles. The average Bonchev–Trinajstić information content (AvgIpc) is 3.97. The second kappa shape index (κ2) is 20.2. The molecule has 21 heteroatoms. The number of aromatic nitrogens is 2. The van der Waals surface area contributed by atoms with Gasteiger partial charge in [-0.1, -0.05) is 50.2 Å². The Morgan fingerprint density at radius 2 is 1.58 bits per heavy atom. The summed E-state index contributed by atoms with van der Waals surface area (Å²) in [6.07, 6.45) is 3.22. The normalized spacial score (nSPS) is 18.5. The number of esters is 1. The summed E-state index contributed by atoms with van der Waals surface area (Å²) in [6.45, 7) is 3.37. The van der Waals surface area contributed by atoms with E-state index in [0.29, 0.717) is 46.4 Å². The molecule has 3 atom stereocenters. The molecule has 7 amide bonds. The van der Waals surface area contributed by atoms with Crippen molar-refractivity contribution in [3.8, 4) is 11.4 Å². The summed E-state index contributed by atoms with van der Waals surface area (Å²) in [6, 6.07) is 16.3. The summed E-state index contributed by atoms with van der Waals surface area (Å²) in [7, 11) is 0. The van der Waals surface area contributed by atoms with Crippen LogP contribution in [0.4, 0.5) is 10.1 Å². The molecule has 4 aliphatic rings. The van der Waals surface area contributed by atoms with Crippen molar-refractivity contribution in [3.63, 3.8) is 0 Å². The third kappa shape index (κ3) is 9.53. The minimum Gasteiger partial charge on any atom is -0.458 e. The Hall–Kier alpha value is -8.43. The van der Waals surface area contributed by atoms with Gasteiger partial charge in [0.1, 0.15) is 25.2 Å². The number of hydrogen-bond donors (Lipinski definition) is 6. The second-order valence-corrected chi connectivity index (χ2v) is 18.8. The number of cyclic esters (lactones) is 1. The van der Waals surface area contributed by atoms with Gasteiger partial charge in [-0.3, -0.25) is 38.4 Å². The Bertz CT molecular complexity index is 3300. The van der Waals surface area contributed by atoms with E-state index >= 15 is 4.39 Å². The molecule has 9 rings (SSSR count). The maximum absolute atomic E-state index is 15.5. The summed E-state index contributed by atoms with van der Waals surface area (Å²) in [5.41, 5.74) is 2.02. The van der Waals surface area contributed by atoms with E-state index in [1.165, 1.54) is 34.9 Å². The molecule has 3 aliphatic heterocycles. The van der Waals surface area contributed by atoms with E-state index in [2.05, 4.69) is 26.6 Å². The number of imide groups is 1. The van der Waals surface area contributed by atoms with E-state index in [1.54, 1.807) is 50.2 Å². The smallest absolute Gasteiger partial charge is 0.343 e. The van der Waals surface area contributed by atoms with Crippen LogP contribution in [0.2, 0.25) is 0 Å². The van der Waals surface area contributed by atoms with Crippen molar-refractivity contribution in [2.75, 3.05) is 37.9 Å². The Kier molecular flexibility index (Phi) is 13.8. The molecule has 0 unspecified atom stereocenters. The topological polar surface area (TPSA) is 274 Å². The lowest BCUT2D eigenvalue weighted by atomic mass is 9.69. The zero-order chi connectivity index (χ0) is 52.6. The van der Waals surface area contributed by atoms with Crippen LogP contribution in [-0.2, 0) is 80.0 Å². The van der Waals surface area contributed by atoms with E-state index < -0.39 is 95.4 Å². The molecule has 2 aromatic heterocycles. The highest BCUT2D eigenvalue weighted by molar-refractivity contribution is 6.28. The molecule has 1 aliphatic carbocycles. The van der Waals surface area contributed by atoms with Gasteiger partial charge >= 0.3 is 5.97 Å². The van der Waals surface area contributed by atoms with Crippen LogP contribution in [0.25, 0.3) is 22.3 Å². The number of halogens is 1. The lowest BCUT2D eigenvalue weighted by molar-refractivity contribution is -0.172. The summed E-state index contributed by atoms with van der Waals surface area (Å²) >= 11 is 0. The van der Waals surface area contributed by atoms with Crippen LogP contribution in [0.1, 0.15) is 76.0 Å². The molecule has 74 heavy (non-hydrogen) atoms. The molecule has 6 N–H and O–H groups in total. The molecule has 0 radical (unpaired) electrons. The molecule has 0 fully saturated rings. The van der Waals surface area contributed by atoms with Crippen LogP contribution in [0.5, 0.6) is 0 Å². The highest BCUT2D eigenvalue weighted by Crippen LogP contribution is 2.49. The van der Waals surface area contributed by atoms with Crippen molar-refractivity contribution >= 4 is 63.9 Å². The van der Waals surface area contributed by atoms with E-state index in [9.17, 15) is 48.3 Å². The van der Waals surface area contributed by atoms with Gasteiger partial charge in [0.05, 0.1) is 60.9 Å². The minimum absolute atomic E-state index is 0.0327. The number of nitrogens with zero attached hydrogens (tertiary/aromatic N) is 3. The molecule has 382 valence electrons. The number of aliphatic hydroxyl groups is 1. The van der Waals surface area contributed by atoms with Crippen molar-refractivity contribution < 1.29 is 57.3 Å². The van der Waals surface area contributed by atoms with Crippen LogP contribution in [-0.4, -0.2) is 101 Å². The summed E-state index contributed by atoms with van der Waals surface area (Å²) in [5, 5.41) is 24.7. The molecular formula is C53H51FN8O12. The predicted molar refractivity (Wildman–Crippen MR) is 262 cm³/mol. The van der Waals surface area contributed by atoms with Crippen LogP contribution >= 0.6 is 0 Å². The highest BCUT2D eigenvalue weighted by Gasteiger charge is 2.47. The minimum atomic E-state index is -2.03. The lowest BCUT2D eigenvalue weighted by Crippen LogP contribution is -2.52. The van der Waals surface area contributed by atoms with Crippen molar-refractivity contribution in [2.45, 2.75) is 76.7 Å². The van der Waals surface area contributed by atoms with E-state index in [-0.39, 0.29) is 61.7 Å². The Morgan fingerprint density at radius 3 is 2.32 bits per heavy atom. The van der Waals surface area contributed by atoms with Gasteiger partial charge in [-0.05, 0) is 72.7 Å². The fourth-order valence-electron chi connectivity index (χ4n) is 10.0. The van der Waals surface area contributed by atoms with Gasteiger partial charge in [-0.25, -0.2) is 19.1 Å². The van der Waals surface area contributed by atoms with Gasteiger partial charge in [-0.15, -0.1) is 0 Å². The number of aryl methyl sites for hydroxylation is 1. The number of carbonyl (C=O) groups is 8. The molecule has 20 nitrogen and oxygen atoms in total. The number of anilines is 1. The number of pyridine rings is 2. The van der Waals surface area contributed by atoms with Crippen molar-refractivity contribution in [3.05, 3.63) is 140 Å². The number of ether oxygens (including phenoxy) is 2. The maximum atomic E-state index is 15.5. The maximum Gasteiger partial charge on any atom is 0.343 e. The number of carbonyl (C=O) groups excluding carboxylic acids is 8. The zero-order valence-corrected chi connectivity index (χ0v) is 40.5. The second-order valence-electron chi connectivity index (χ2n) is 18.8. The van der Waals surface area contributed by atoms with Gasteiger partial charge in [0.15, 0.2) is 5.60 Å². The number of amides is 7. The lowest BCUT2D eigenvalue weighted by Gasteiger charge is -2.37. The summed E-state index contributed by atoms with van der Waals surface area (Å²) in [5.74, 6) is -5.85. The molecule has 0 spiro atoms. The average molecular weight is 1010 g/mol. The molecule has 0 saturated heterocycles. The predicted octanol–water partition coefficient (Wildman–Crippen LogP) is 1.64. The van der Waals surface area contributed by atoms with E-state index in [4.69, 9.17) is 14.5 Å². The molecule has 3 aromatic carbocycles. The third-order valence-corrected chi connectivity index (χ3v) is 14.0. The molecular weight excluding hydrogens is 960 g/mol. The van der Waals surface area contributed by atoms with Crippen LogP contribution in [0.15, 0.2) is 83.7 Å². The van der Waals surface area contributed by atoms with Gasteiger partial charge in [0.2, 0.25) is 23.6 Å². The summed E-state index contributed by atoms with van der Waals surface area (Å²) < 4.78 is 28.4. The standard InChI is InChI=1S/C53H51FN8O12/c1-4-53(72)35-19-39-47-33(24-61(39)50(70)34(35)25-74-51(53)71)46-45-32(28(2)36(54)20-37(45)60-47)15-16-52(46,3)26-73-27-58-41(64)22-57-49(69)38(17-29-9-6-5-7-10-29)59-42(65)23-55-40(63)21-56-48(68)30-11-8-12-31(18-30)62-43(66)13-14-44(62)67/h5-14,18-20,38,72H,4,15-17,21-27H2,1-3H3,(H,55,63)(H,56,68)(H,57,69)(H,58,64)(H,59,65)/t38-,52+,53-/m0/s1. The first-order valence-corrected chi connectivity index (χ1v) is 23.9. The SMILES string of the molecule is CC[C@@]1(O)C(=O)OCc2c1cc1n(c2=O)Cc2c-1nc1cc(F)c(C)c3c1c2[C@@](C)(COCNC(=O)CNC(=O)[C@H](Cc1ccccc1)NC(=O)CNC(=O)CNC(=O)c1cccc(N2C(=O)C=CC2=O)c1)CC3. The first-order chi connectivity index (χ1) is 35.4. The number of fused-ring (bicyclic) bond motifs is 5. The van der Waals surface area contributed by atoms with E-state index in [1.807, 2.05) is 6.92 Å². The van der Waals surface area contributed by atoms with E-state index in [0.717, 1.165) is 33.6 Å². The molecule has 0 bridgehead atoms. The fraction of sp³-hybridized carbons (Fsp3) is 0.321. The van der Waals surface area contributed by atoms with Crippen molar-refractivity contribution in [1.82, 2.24) is 36.1 Å². The largest absolute Gasteiger partial charge is 0.458 e. The fourth-order valence-corrected chi connectivity index (χ4v) is 10.0. The van der Waals surface area contributed by atoms with Gasteiger partial charge < -0.3 is 45.7 Å². The van der Waals surface area contributed by atoms with Crippen LogP contribution in [0, 0.1) is 12.7 Å². The van der Waals surface area contributed by atoms with Crippen molar-refractivity contribution in [2.24, 2.45) is 0 Å². The molecule has 5 aromatic rings. The third-order valence-electron chi connectivity index (χ3n) is 14.0. The van der Waals surface area contributed by atoms with Crippen LogP contribution in [0.3, 0.4) is 0 Å². The van der Waals surface area contributed by atoms with Gasteiger partial charge in [0.25, 0.3) is 23.3 Å². The monoisotopic (exact) mass is 1010 g/mol. The molecule has 0 saturated carbocycles. The Balaban J connectivity index is 0.808. The van der Waals surface area contributed by atoms with Crippen LogP contribution < -0.4 is 37.0 Å². The first kappa shape index (κ1) is 50.5. The number of nitrogens with one attached hydrogen (secondary N) is 5. The first-order valence-electron chi connectivity index (χ1n) is 23.9. The Morgan fingerprint density at radius 1 is 0.865 bits per heavy atom. The number of benzene rings is 3. The van der Waals surface area contributed by atoms with Gasteiger partial charge in [-0.2, -0.15) is 0 Å². The van der Waals surface area contributed by atoms with Gasteiger partial charge in [0, 0.05) is 52.1 Å². The number of hydrogen-bond acceptors (Lipinski definition) is 13. The zero-order valence-electron chi connectivity index (χ0n) is 40.5. The Labute approximate surface area is 421 Å². The summed E-state index contributed by atoms with van der Waals surface area (Å²) in [4.78, 5) is 122. The quantitative estimate of drug-likeness (QED) is 0.0329. The number of rotatable bonds is 17.